The maximum absolute atomic E-state index is 13.1. The summed E-state index contributed by atoms with van der Waals surface area (Å²) < 4.78 is 5.88. The number of rotatable bonds is 3. The summed E-state index contributed by atoms with van der Waals surface area (Å²) in [5.74, 6) is 1.53. The van der Waals surface area contributed by atoms with Crippen LogP contribution in [0.4, 0.5) is 0 Å². The van der Waals surface area contributed by atoms with Crippen LogP contribution in [-0.4, -0.2) is 11.4 Å². The molecule has 0 aliphatic heterocycles. The van der Waals surface area contributed by atoms with Crippen molar-refractivity contribution in [1.82, 2.24) is 5.32 Å². The minimum absolute atomic E-state index is 0.0924. The number of furan rings is 1. The number of halogens is 2. The predicted molar refractivity (Wildman–Crippen MR) is 112 cm³/mol. The number of carbonyl (C=O) groups excluding carboxylic acids is 1. The Labute approximate surface area is 175 Å². The number of nitrogens with one attached hydrogen (secondary N) is 1. The summed E-state index contributed by atoms with van der Waals surface area (Å²) in [4.78, 5) is 13.1. The van der Waals surface area contributed by atoms with Crippen molar-refractivity contribution in [1.29, 1.82) is 0 Å². The van der Waals surface area contributed by atoms with Gasteiger partial charge >= 0.3 is 0 Å². The third-order valence-electron chi connectivity index (χ3n) is 7.03. The zero-order valence-electron chi connectivity index (χ0n) is 16.3. The van der Waals surface area contributed by atoms with Gasteiger partial charge in [-0.15, -0.1) is 0 Å². The van der Waals surface area contributed by atoms with E-state index in [4.69, 9.17) is 27.6 Å². The van der Waals surface area contributed by atoms with Gasteiger partial charge in [-0.2, -0.15) is 0 Å². The molecule has 2 unspecified atom stereocenters. The highest BCUT2D eigenvalue weighted by Gasteiger charge is 2.60. The normalized spacial score (nSPS) is 35.9. The molecule has 4 aliphatic rings. The fraction of sp³-hybridized carbons (Fsp3) is 0.522. The molecule has 4 bridgehead atoms. The van der Waals surface area contributed by atoms with E-state index < -0.39 is 0 Å². The van der Waals surface area contributed by atoms with Gasteiger partial charge < -0.3 is 9.73 Å². The Bertz CT molecular complexity index is 947. The molecule has 6 rings (SSSR count). The Kier molecular flexibility index (Phi) is 4.00. The van der Waals surface area contributed by atoms with Gasteiger partial charge in [-0.05, 0) is 85.6 Å². The number of amides is 1. The minimum Gasteiger partial charge on any atom is -0.451 e. The lowest BCUT2D eigenvalue weighted by Gasteiger charge is -2.65. The van der Waals surface area contributed by atoms with E-state index in [0.29, 0.717) is 32.4 Å². The molecule has 1 aromatic carbocycles. The Morgan fingerprint density at radius 3 is 2.39 bits per heavy atom. The third-order valence-corrected chi connectivity index (χ3v) is 7.58. The van der Waals surface area contributed by atoms with Crippen LogP contribution in [0.15, 0.2) is 34.7 Å². The zero-order chi connectivity index (χ0) is 19.7. The average molecular weight is 418 g/mol. The molecule has 4 aliphatic carbocycles. The standard InChI is InChI=1S/C23H25Cl2NO2/c1-21-8-14-9-22(2,11-21)13-23(10-14,12-21)26-20(27)19-6-5-18(28-19)16-4-3-15(24)7-17(16)25/h3-7,14H,8-13H2,1-2H3,(H,26,27)/t14?,21-,22+,23?. The van der Waals surface area contributed by atoms with Gasteiger partial charge in [-0.25, -0.2) is 0 Å². The highest BCUT2D eigenvalue weighted by Crippen LogP contribution is 2.66. The van der Waals surface area contributed by atoms with Gasteiger partial charge in [0.15, 0.2) is 5.76 Å². The highest BCUT2D eigenvalue weighted by molar-refractivity contribution is 6.36. The lowest BCUT2D eigenvalue weighted by atomic mass is 9.43. The molecule has 5 heteroatoms. The molecule has 1 aromatic heterocycles. The first-order valence-corrected chi connectivity index (χ1v) is 10.8. The second-order valence-corrected chi connectivity index (χ2v) is 11.0. The van der Waals surface area contributed by atoms with Crippen molar-refractivity contribution < 1.29 is 9.21 Å². The van der Waals surface area contributed by atoms with E-state index in [1.807, 2.05) is 6.07 Å². The predicted octanol–water partition coefficient (Wildman–Crippen LogP) is 6.73. The molecule has 2 aromatic rings. The molecule has 4 saturated carbocycles. The van der Waals surface area contributed by atoms with E-state index in [1.165, 1.54) is 19.3 Å². The maximum Gasteiger partial charge on any atom is 0.287 e. The first kappa shape index (κ1) is 18.6. The van der Waals surface area contributed by atoms with Crippen molar-refractivity contribution in [2.24, 2.45) is 16.7 Å². The van der Waals surface area contributed by atoms with Crippen molar-refractivity contribution in [3.05, 3.63) is 46.1 Å². The molecule has 1 amide bonds. The minimum atomic E-state index is -0.120. The third kappa shape index (κ3) is 3.07. The largest absolute Gasteiger partial charge is 0.451 e. The van der Waals surface area contributed by atoms with Gasteiger partial charge in [0.1, 0.15) is 5.76 Å². The zero-order valence-corrected chi connectivity index (χ0v) is 17.8. The molecular weight excluding hydrogens is 393 g/mol. The Morgan fingerprint density at radius 1 is 1.04 bits per heavy atom. The van der Waals surface area contributed by atoms with Gasteiger partial charge in [0, 0.05) is 16.1 Å². The van der Waals surface area contributed by atoms with Gasteiger partial charge in [0.2, 0.25) is 0 Å². The smallest absolute Gasteiger partial charge is 0.287 e. The molecule has 1 N–H and O–H groups in total. The van der Waals surface area contributed by atoms with Crippen molar-refractivity contribution in [3.63, 3.8) is 0 Å². The number of hydrogen-bond acceptors (Lipinski definition) is 2. The number of benzene rings is 1. The van der Waals surface area contributed by atoms with Crippen LogP contribution in [0.25, 0.3) is 11.3 Å². The molecule has 28 heavy (non-hydrogen) atoms. The van der Waals surface area contributed by atoms with E-state index >= 15 is 0 Å². The highest BCUT2D eigenvalue weighted by atomic mass is 35.5. The first-order chi connectivity index (χ1) is 13.2. The van der Waals surface area contributed by atoms with E-state index in [-0.39, 0.29) is 11.4 Å². The summed E-state index contributed by atoms with van der Waals surface area (Å²) in [6, 6.07) is 8.79. The quantitative estimate of drug-likeness (QED) is 0.600. The topological polar surface area (TPSA) is 42.2 Å². The Hall–Kier alpha value is -1.45. The average Bonchev–Trinajstić information content (AvgIpc) is 3.00. The number of carbonyl (C=O) groups is 1. The van der Waals surface area contributed by atoms with Crippen LogP contribution >= 0.6 is 23.2 Å². The molecule has 148 valence electrons. The van der Waals surface area contributed by atoms with Crippen LogP contribution in [0.5, 0.6) is 0 Å². The molecule has 1 heterocycles. The van der Waals surface area contributed by atoms with Crippen LogP contribution in [-0.2, 0) is 0 Å². The van der Waals surface area contributed by atoms with E-state index in [2.05, 4.69) is 19.2 Å². The molecule has 4 fully saturated rings. The second-order valence-electron chi connectivity index (χ2n) is 10.2. The van der Waals surface area contributed by atoms with Crippen LogP contribution in [0, 0.1) is 16.7 Å². The molecular formula is C23H25Cl2NO2. The van der Waals surface area contributed by atoms with Gasteiger partial charge in [-0.1, -0.05) is 37.0 Å². The summed E-state index contributed by atoms with van der Waals surface area (Å²) in [6.07, 6.45) is 7.15. The first-order valence-electron chi connectivity index (χ1n) is 10.0. The van der Waals surface area contributed by atoms with Crippen molar-refractivity contribution >= 4 is 29.1 Å². The van der Waals surface area contributed by atoms with Crippen LogP contribution in [0.2, 0.25) is 10.0 Å². The molecule has 4 atom stereocenters. The molecule has 0 radical (unpaired) electrons. The second kappa shape index (κ2) is 6.03. The van der Waals surface area contributed by atoms with Crippen molar-refractivity contribution in [2.45, 2.75) is 57.9 Å². The van der Waals surface area contributed by atoms with E-state index in [9.17, 15) is 4.79 Å². The number of hydrogen-bond donors (Lipinski definition) is 1. The van der Waals surface area contributed by atoms with Crippen molar-refractivity contribution in [3.8, 4) is 11.3 Å². The van der Waals surface area contributed by atoms with Crippen LogP contribution in [0.3, 0.4) is 0 Å². The molecule has 0 spiro atoms. The van der Waals surface area contributed by atoms with Gasteiger partial charge in [0.05, 0.1) is 5.02 Å². The Balaban J connectivity index is 1.39. The fourth-order valence-corrected chi connectivity index (χ4v) is 7.69. The summed E-state index contributed by atoms with van der Waals surface area (Å²) in [5, 5.41) is 4.47. The lowest BCUT2D eigenvalue weighted by molar-refractivity contribution is -0.114. The lowest BCUT2D eigenvalue weighted by Crippen LogP contribution is -2.65. The Morgan fingerprint density at radius 2 is 1.75 bits per heavy atom. The summed E-state index contributed by atoms with van der Waals surface area (Å²) >= 11 is 12.3. The van der Waals surface area contributed by atoms with E-state index in [1.54, 1.807) is 24.3 Å². The van der Waals surface area contributed by atoms with Crippen LogP contribution < -0.4 is 5.32 Å². The monoisotopic (exact) mass is 417 g/mol. The van der Waals surface area contributed by atoms with Crippen molar-refractivity contribution in [2.75, 3.05) is 0 Å². The van der Waals surface area contributed by atoms with E-state index in [0.717, 1.165) is 30.7 Å². The summed E-state index contributed by atoms with van der Waals surface area (Å²) in [5.41, 5.74) is 1.35. The van der Waals surface area contributed by atoms with Gasteiger partial charge in [0.25, 0.3) is 5.91 Å². The molecule has 0 saturated heterocycles. The maximum atomic E-state index is 13.1. The summed E-state index contributed by atoms with van der Waals surface area (Å²) in [7, 11) is 0. The van der Waals surface area contributed by atoms with Crippen LogP contribution in [0.1, 0.15) is 62.9 Å². The fourth-order valence-electron chi connectivity index (χ4n) is 7.18. The van der Waals surface area contributed by atoms with Gasteiger partial charge in [-0.3, -0.25) is 4.79 Å². The summed E-state index contributed by atoms with van der Waals surface area (Å²) in [6.45, 7) is 4.81. The SMILES string of the molecule is C[C@]12CC3CC(NC(=O)c4ccc(-c5ccc(Cl)cc5Cl)o4)(C1)C[C@@](C)(C3)C2. The molecule has 3 nitrogen and oxygen atoms in total.